The van der Waals surface area contributed by atoms with Gasteiger partial charge in [-0.1, -0.05) is 35.9 Å². The molecule has 0 unspecified atom stereocenters. The molecular weight excluding hydrogens is 293 g/mol. The van der Waals surface area contributed by atoms with Crippen LogP contribution < -0.4 is 0 Å². The molecule has 108 valence electrons. The Morgan fingerprint density at radius 1 is 1.30 bits per heavy atom. The molecule has 1 heterocycles. The van der Waals surface area contributed by atoms with Crippen molar-refractivity contribution in [3.63, 3.8) is 0 Å². The van der Waals surface area contributed by atoms with Crippen LogP contribution in [0, 0.1) is 6.92 Å². The molecule has 0 saturated heterocycles. The van der Waals surface area contributed by atoms with E-state index in [1.165, 1.54) is 0 Å². The van der Waals surface area contributed by atoms with Gasteiger partial charge in [0.2, 0.25) is 0 Å². The van der Waals surface area contributed by atoms with Crippen molar-refractivity contribution in [3.8, 4) is 0 Å². The molecule has 1 N–H and O–H groups in total. The Morgan fingerprint density at radius 2 is 1.95 bits per heavy atom. The van der Waals surface area contributed by atoms with E-state index in [9.17, 15) is 13.2 Å². The summed E-state index contributed by atoms with van der Waals surface area (Å²) in [6, 6.07) is 7.27. The van der Waals surface area contributed by atoms with Gasteiger partial charge in [0.1, 0.15) is 5.15 Å². The topological polar surface area (TPSA) is 38.0 Å². The lowest BCUT2D eigenvalue weighted by atomic mass is 10.1. The summed E-state index contributed by atoms with van der Waals surface area (Å²) in [6.45, 7) is 1.17. The first-order chi connectivity index (χ1) is 9.34. The molecular formula is C13H12ClF3N2O. The maximum atomic E-state index is 12.8. The van der Waals surface area contributed by atoms with Crippen molar-refractivity contribution in [3.05, 3.63) is 51.8 Å². The number of hydrogen-bond acceptors (Lipinski definition) is 2. The fourth-order valence-corrected chi connectivity index (χ4v) is 2.15. The van der Waals surface area contributed by atoms with Crippen molar-refractivity contribution in [1.29, 1.82) is 0 Å². The average Bonchev–Trinajstić information content (AvgIpc) is 2.69. The highest BCUT2D eigenvalue weighted by Gasteiger charge is 2.38. The molecule has 1 aromatic heterocycles. The fraction of sp³-hybridized carbons (Fsp3) is 0.308. The molecule has 0 atom stereocenters. The number of rotatable bonds is 3. The molecule has 7 heteroatoms. The normalized spacial score (nSPS) is 11.9. The van der Waals surface area contributed by atoms with Crippen LogP contribution in [0.25, 0.3) is 0 Å². The molecule has 2 aromatic rings. The second-order valence-corrected chi connectivity index (χ2v) is 4.72. The molecule has 0 aliphatic rings. The first-order valence-electron chi connectivity index (χ1n) is 5.82. The van der Waals surface area contributed by atoms with E-state index in [4.69, 9.17) is 16.7 Å². The molecule has 0 radical (unpaired) electrons. The van der Waals surface area contributed by atoms with Crippen molar-refractivity contribution in [2.45, 2.75) is 26.3 Å². The number of halogens is 4. The quantitative estimate of drug-likeness (QED) is 0.943. The highest BCUT2D eigenvalue weighted by Crippen LogP contribution is 2.34. The maximum Gasteiger partial charge on any atom is 0.435 e. The van der Waals surface area contributed by atoms with Crippen molar-refractivity contribution in [1.82, 2.24) is 9.78 Å². The second kappa shape index (κ2) is 5.46. The number of nitrogens with zero attached hydrogens (tertiary/aromatic N) is 2. The first-order valence-corrected chi connectivity index (χ1v) is 6.20. The molecule has 2 rings (SSSR count). The average molecular weight is 305 g/mol. The molecule has 1 aromatic carbocycles. The van der Waals surface area contributed by atoms with Crippen LogP contribution in [0.1, 0.15) is 22.4 Å². The lowest BCUT2D eigenvalue weighted by Gasteiger charge is -2.06. The minimum absolute atomic E-state index is 0.120. The number of benzene rings is 1. The van der Waals surface area contributed by atoms with Gasteiger partial charge in [-0.05, 0) is 18.1 Å². The van der Waals surface area contributed by atoms with E-state index in [-0.39, 0.29) is 11.7 Å². The van der Waals surface area contributed by atoms with Crippen LogP contribution in [0.4, 0.5) is 13.2 Å². The van der Waals surface area contributed by atoms with Crippen molar-refractivity contribution < 1.29 is 18.3 Å². The zero-order chi connectivity index (χ0) is 14.9. The smallest absolute Gasteiger partial charge is 0.391 e. The lowest BCUT2D eigenvalue weighted by Crippen LogP contribution is -2.10. The maximum absolute atomic E-state index is 12.8. The van der Waals surface area contributed by atoms with Crippen molar-refractivity contribution in [2.75, 3.05) is 0 Å². The summed E-state index contributed by atoms with van der Waals surface area (Å²) in [5, 5.41) is 12.4. The Labute approximate surface area is 118 Å². The number of alkyl halides is 3. The largest absolute Gasteiger partial charge is 0.435 e. The van der Waals surface area contributed by atoms with Gasteiger partial charge in [0, 0.05) is 5.56 Å². The Morgan fingerprint density at radius 3 is 2.45 bits per heavy atom. The molecule has 0 bridgehead atoms. The van der Waals surface area contributed by atoms with E-state index in [2.05, 4.69) is 5.10 Å². The zero-order valence-corrected chi connectivity index (χ0v) is 11.3. The molecule has 0 amide bonds. The third kappa shape index (κ3) is 2.81. The summed E-state index contributed by atoms with van der Waals surface area (Å²) in [5.41, 5.74) is 0.208. The summed E-state index contributed by atoms with van der Waals surface area (Å²) in [7, 11) is 0. The number of hydrogen-bond donors (Lipinski definition) is 1. The minimum Gasteiger partial charge on any atom is -0.391 e. The van der Waals surface area contributed by atoms with E-state index in [0.29, 0.717) is 0 Å². The SMILES string of the molecule is Cc1ccccc1Cn1nc(C(F)(F)F)c(CO)c1Cl. The Hall–Kier alpha value is -1.53. The first kappa shape index (κ1) is 14.9. The molecule has 0 aliphatic carbocycles. The van der Waals surface area contributed by atoms with Gasteiger partial charge in [-0.25, -0.2) is 4.68 Å². The van der Waals surface area contributed by atoms with Crippen LogP contribution in [0.2, 0.25) is 5.15 Å². The molecule has 0 aliphatic heterocycles. The van der Waals surface area contributed by atoms with Crippen LogP contribution in [0.15, 0.2) is 24.3 Å². The van der Waals surface area contributed by atoms with Gasteiger partial charge < -0.3 is 5.11 Å². The number of aromatic nitrogens is 2. The van der Waals surface area contributed by atoms with Crippen LogP contribution in [-0.2, 0) is 19.3 Å². The summed E-state index contributed by atoms with van der Waals surface area (Å²) < 4.78 is 39.5. The lowest BCUT2D eigenvalue weighted by molar-refractivity contribution is -0.142. The van der Waals surface area contributed by atoms with Gasteiger partial charge in [0.15, 0.2) is 5.69 Å². The van der Waals surface area contributed by atoms with E-state index < -0.39 is 24.0 Å². The third-order valence-electron chi connectivity index (χ3n) is 2.99. The van der Waals surface area contributed by atoms with Gasteiger partial charge in [-0.3, -0.25) is 0 Å². The van der Waals surface area contributed by atoms with E-state index in [0.717, 1.165) is 15.8 Å². The Balaban J connectivity index is 2.44. The second-order valence-electron chi connectivity index (χ2n) is 4.36. The van der Waals surface area contributed by atoms with E-state index in [1.807, 2.05) is 19.1 Å². The van der Waals surface area contributed by atoms with Crippen LogP contribution >= 0.6 is 11.6 Å². The molecule has 3 nitrogen and oxygen atoms in total. The molecule has 0 spiro atoms. The summed E-state index contributed by atoms with van der Waals surface area (Å²) in [6.07, 6.45) is -4.64. The number of aliphatic hydroxyl groups is 1. The number of aliphatic hydroxyl groups excluding tert-OH is 1. The van der Waals surface area contributed by atoms with Gasteiger partial charge in [-0.2, -0.15) is 18.3 Å². The summed E-state index contributed by atoms with van der Waals surface area (Å²) >= 11 is 5.88. The van der Waals surface area contributed by atoms with Gasteiger partial charge in [-0.15, -0.1) is 0 Å². The Kier molecular flexibility index (Phi) is 4.06. The molecule has 0 fully saturated rings. The standard InChI is InChI=1S/C13H12ClF3N2O/c1-8-4-2-3-5-9(8)6-19-12(14)10(7-20)11(18-19)13(15,16)17/h2-5,20H,6-7H2,1H3. The number of aryl methyl sites for hydroxylation is 1. The highest BCUT2D eigenvalue weighted by atomic mass is 35.5. The Bertz CT molecular complexity index is 623. The summed E-state index contributed by atoms with van der Waals surface area (Å²) in [5.74, 6) is 0. The van der Waals surface area contributed by atoms with Crippen molar-refractivity contribution in [2.24, 2.45) is 0 Å². The fourth-order valence-electron chi connectivity index (χ4n) is 1.90. The molecule has 0 saturated carbocycles. The molecule has 20 heavy (non-hydrogen) atoms. The monoisotopic (exact) mass is 304 g/mol. The predicted octanol–water partition coefficient (Wildman–Crippen LogP) is 3.40. The zero-order valence-electron chi connectivity index (χ0n) is 10.6. The van der Waals surface area contributed by atoms with E-state index >= 15 is 0 Å². The van der Waals surface area contributed by atoms with Gasteiger partial charge in [0.05, 0.1) is 13.2 Å². The highest BCUT2D eigenvalue weighted by molar-refractivity contribution is 6.30. The van der Waals surface area contributed by atoms with E-state index in [1.54, 1.807) is 12.1 Å². The van der Waals surface area contributed by atoms with Crippen LogP contribution in [0.5, 0.6) is 0 Å². The van der Waals surface area contributed by atoms with Gasteiger partial charge in [0.25, 0.3) is 0 Å². The van der Waals surface area contributed by atoms with Gasteiger partial charge >= 0.3 is 6.18 Å². The van der Waals surface area contributed by atoms with Crippen molar-refractivity contribution >= 4 is 11.6 Å². The summed E-state index contributed by atoms with van der Waals surface area (Å²) in [4.78, 5) is 0. The van der Waals surface area contributed by atoms with Crippen LogP contribution in [0.3, 0.4) is 0 Å². The third-order valence-corrected chi connectivity index (χ3v) is 3.41. The van der Waals surface area contributed by atoms with Crippen LogP contribution in [-0.4, -0.2) is 14.9 Å². The predicted molar refractivity (Wildman–Crippen MR) is 68.4 cm³/mol. The minimum atomic E-state index is -4.64.